The third-order valence-corrected chi connectivity index (χ3v) is 2.37. The molecule has 2 aromatic rings. The third kappa shape index (κ3) is 2.25. The van der Waals surface area contributed by atoms with Gasteiger partial charge in [0, 0.05) is 16.5 Å². The van der Waals surface area contributed by atoms with Crippen molar-refractivity contribution in [3.8, 4) is 5.75 Å². The summed E-state index contributed by atoms with van der Waals surface area (Å²) in [6.07, 6.45) is 1.52. The number of aryl methyl sites for hydroxylation is 1. The van der Waals surface area contributed by atoms with Crippen LogP contribution in [0.25, 0.3) is 10.9 Å². The van der Waals surface area contributed by atoms with Crippen LogP contribution in [0.1, 0.15) is 5.56 Å². The predicted molar refractivity (Wildman–Crippen MR) is 60.5 cm³/mol. The Balaban J connectivity index is 2.28. The molecule has 6 nitrogen and oxygen atoms in total. The molecule has 0 saturated heterocycles. The topological polar surface area (TPSA) is 85.2 Å². The summed E-state index contributed by atoms with van der Waals surface area (Å²) in [5, 5.41) is 10.9. The van der Waals surface area contributed by atoms with Gasteiger partial charge in [0.2, 0.25) is 0 Å². The fraction of sp³-hybridized carbons (Fsp3) is 0.182. The van der Waals surface area contributed by atoms with Crippen molar-refractivity contribution in [2.45, 2.75) is 6.92 Å². The van der Waals surface area contributed by atoms with Crippen LogP contribution in [-0.4, -0.2) is 22.4 Å². The van der Waals surface area contributed by atoms with Gasteiger partial charge in [-0.25, -0.2) is 4.79 Å². The molecule has 1 heterocycles. The number of esters is 1. The molecule has 0 aliphatic rings. The number of aromatic amines is 1. The van der Waals surface area contributed by atoms with Crippen molar-refractivity contribution in [2.24, 2.45) is 0 Å². The number of fused-ring (bicyclic) bond motifs is 1. The maximum Gasteiger partial charge on any atom is 0.383 e. The lowest BCUT2D eigenvalue weighted by Crippen LogP contribution is -2.19. The van der Waals surface area contributed by atoms with Crippen LogP contribution in [0.2, 0.25) is 0 Å². The van der Waals surface area contributed by atoms with Gasteiger partial charge in [0.1, 0.15) is 0 Å². The van der Waals surface area contributed by atoms with Crippen molar-refractivity contribution in [1.82, 2.24) is 4.98 Å². The maximum absolute atomic E-state index is 11.2. The molecular formula is C11H10N2O4. The zero-order chi connectivity index (χ0) is 12.4. The summed E-state index contributed by atoms with van der Waals surface area (Å²) in [6.45, 7) is 1.08. The van der Waals surface area contributed by atoms with E-state index in [-0.39, 0.29) is 0 Å². The highest BCUT2D eigenvalue weighted by Crippen LogP contribution is 2.27. The minimum atomic E-state index is -0.877. The van der Waals surface area contributed by atoms with E-state index in [2.05, 4.69) is 4.98 Å². The van der Waals surface area contributed by atoms with E-state index in [0.717, 1.165) is 16.5 Å². The number of ether oxygens (including phenoxy) is 1. The monoisotopic (exact) mass is 234 g/mol. The number of rotatable bonds is 3. The van der Waals surface area contributed by atoms with E-state index in [1.165, 1.54) is 6.20 Å². The Bertz CT molecular complexity index is 588. The number of aromatic nitrogens is 1. The van der Waals surface area contributed by atoms with Gasteiger partial charge in [-0.2, -0.15) is 0 Å². The van der Waals surface area contributed by atoms with E-state index in [1.807, 2.05) is 19.1 Å². The van der Waals surface area contributed by atoms with Crippen molar-refractivity contribution in [3.63, 3.8) is 0 Å². The number of para-hydroxylation sites is 1. The van der Waals surface area contributed by atoms with Crippen LogP contribution in [0, 0.1) is 17.0 Å². The SMILES string of the molecule is Cc1cccc2c(OC(=O)C[N+](=O)[O-])c[nH]c12. The van der Waals surface area contributed by atoms with Gasteiger partial charge in [-0.05, 0) is 18.6 Å². The number of carbonyl (C=O) groups is 1. The first-order chi connectivity index (χ1) is 8.08. The van der Waals surface area contributed by atoms with Crippen molar-refractivity contribution in [1.29, 1.82) is 0 Å². The van der Waals surface area contributed by atoms with Gasteiger partial charge in [0.05, 0.1) is 5.52 Å². The highest BCUT2D eigenvalue weighted by atomic mass is 16.6. The number of nitrogens with zero attached hydrogens (tertiary/aromatic N) is 1. The van der Waals surface area contributed by atoms with E-state index in [0.29, 0.717) is 5.75 Å². The minimum absolute atomic E-state index is 0.315. The molecule has 0 atom stereocenters. The van der Waals surface area contributed by atoms with E-state index in [1.54, 1.807) is 6.07 Å². The molecule has 0 unspecified atom stereocenters. The summed E-state index contributed by atoms with van der Waals surface area (Å²) in [5.41, 5.74) is 1.87. The molecule has 1 aromatic heterocycles. The van der Waals surface area contributed by atoms with E-state index in [4.69, 9.17) is 4.74 Å². The first-order valence-corrected chi connectivity index (χ1v) is 4.97. The number of nitro groups is 1. The lowest BCUT2D eigenvalue weighted by Gasteiger charge is -2.00. The first kappa shape index (κ1) is 11.1. The number of hydrogen-bond donors (Lipinski definition) is 1. The molecule has 0 aliphatic carbocycles. The summed E-state index contributed by atoms with van der Waals surface area (Å²) < 4.78 is 4.92. The average Bonchev–Trinajstić information content (AvgIpc) is 2.62. The third-order valence-electron chi connectivity index (χ3n) is 2.37. The Hall–Kier alpha value is -2.37. The molecule has 0 amide bonds. The molecule has 2 rings (SSSR count). The van der Waals surface area contributed by atoms with Gasteiger partial charge in [0.25, 0.3) is 6.54 Å². The second-order valence-electron chi connectivity index (χ2n) is 3.62. The highest BCUT2D eigenvalue weighted by molar-refractivity contribution is 5.90. The van der Waals surface area contributed by atoms with Crippen molar-refractivity contribution in [3.05, 3.63) is 40.1 Å². The molecule has 17 heavy (non-hydrogen) atoms. The molecule has 1 aromatic carbocycles. The Morgan fingerprint density at radius 3 is 3.00 bits per heavy atom. The summed E-state index contributed by atoms with van der Waals surface area (Å²) in [6, 6.07) is 5.53. The lowest BCUT2D eigenvalue weighted by molar-refractivity contribution is -0.469. The molecule has 1 N–H and O–H groups in total. The molecule has 0 radical (unpaired) electrons. The van der Waals surface area contributed by atoms with Gasteiger partial charge in [-0.1, -0.05) is 12.1 Å². The Labute approximate surface area is 96.3 Å². The number of H-pyrrole nitrogens is 1. The molecule has 0 bridgehead atoms. The Morgan fingerprint density at radius 2 is 2.29 bits per heavy atom. The zero-order valence-corrected chi connectivity index (χ0v) is 9.10. The van der Waals surface area contributed by atoms with Crippen LogP contribution in [0.15, 0.2) is 24.4 Å². The van der Waals surface area contributed by atoms with E-state index >= 15 is 0 Å². The molecule has 0 saturated carbocycles. The zero-order valence-electron chi connectivity index (χ0n) is 9.10. The van der Waals surface area contributed by atoms with Gasteiger partial charge in [0.15, 0.2) is 5.75 Å². The molecule has 0 spiro atoms. The molecule has 6 heteroatoms. The summed E-state index contributed by atoms with van der Waals surface area (Å²) in [5.74, 6) is -0.562. The summed E-state index contributed by atoms with van der Waals surface area (Å²) >= 11 is 0. The lowest BCUT2D eigenvalue weighted by atomic mass is 10.1. The second kappa shape index (κ2) is 4.25. The van der Waals surface area contributed by atoms with Crippen LogP contribution in [0.3, 0.4) is 0 Å². The highest BCUT2D eigenvalue weighted by Gasteiger charge is 2.15. The summed E-state index contributed by atoms with van der Waals surface area (Å²) in [4.78, 5) is 23.6. The largest absolute Gasteiger partial charge is 0.419 e. The van der Waals surface area contributed by atoms with Gasteiger partial charge in [-0.15, -0.1) is 0 Å². The smallest absolute Gasteiger partial charge is 0.383 e. The predicted octanol–water partition coefficient (Wildman–Crippen LogP) is 1.66. The first-order valence-electron chi connectivity index (χ1n) is 4.97. The number of benzene rings is 1. The van der Waals surface area contributed by atoms with Crippen LogP contribution in [0.5, 0.6) is 5.75 Å². The normalized spacial score (nSPS) is 10.4. The van der Waals surface area contributed by atoms with E-state index in [9.17, 15) is 14.9 Å². The van der Waals surface area contributed by atoms with Crippen LogP contribution >= 0.6 is 0 Å². The van der Waals surface area contributed by atoms with Crippen molar-refractivity contribution in [2.75, 3.05) is 6.54 Å². The van der Waals surface area contributed by atoms with E-state index < -0.39 is 17.4 Å². The fourth-order valence-electron chi connectivity index (χ4n) is 1.62. The summed E-state index contributed by atoms with van der Waals surface area (Å²) in [7, 11) is 0. The quantitative estimate of drug-likeness (QED) is 0.497. The van der Waals surface area contributed by atoms with Crippen LogP contribution in [0.4, 0.5) is 0 Å². The van der Waals surface area contributed by atoms with Crippen LogP contribution in [-0.2, 0) is 4.79 Å². The average molecular weight is 234 g/mol. The second-order valence-corrected chi connectivity index (χ2v) is 3.62. The maximum atomic E-state index is 11.2. The molecule has 88 valence electrons. The number of nitrogens with one attached hydrogen (secondary N) is 1. The van der Waals surface area contributed by atoms with Crippen molar-refractivity contribution < 1.29 is 14.5 Å². The fourth-order valence-corrected chi connectivity index (χ4v) is 1.62. The molecular weight excluding hydrogens is 224 g/mol. The number of hydrogen-bond acceptors (Lipinski definition) is 4. The van der Waals surface area contributed by atoms with Gasteiger partial charge in [-0.3, -0.25) is 10.1 Å². The molecule has 0 fully saturated rings. The van der Waals surface area contributed by atoms with Crippen molar-refractivity contribution >= 4 is 16.9 Å². The number of carbonyl (C=O) groups excluding carboxylic acids is 1. The van der Waals surface area contributed by atoms with Crippen LogP contribution < -0.4 is 4.74 Å². The Kier molecular flexibility index (Phi) is 2.78. The Morgan fingerprint density at radius 1 is 1.53 bits per heavy atom. The minimum Gasteiger partial charge on any atom is -0.419 e. The molecule has 0 aliphatic heterocycles. The van der Waals surface area contributed by atoms with Gasteiger partial charge < -0.3 is 9.72 Å². The standard InChI is InChI=1S/C11H10N2O4/c1-7-3-2-4-8-9(5-12-11(7)8)17-10(14)6-13(15)16/h2-5,12H,6H2,1H3. The van der Waals surface area contributed by atoms with Gasteiger partial charge >= 0.3 is 5.97 Å².